The van der Waals surface area contributed by atoms with Crippen LogP contribution in [0.1, 0.15) is 18.1 Å². The standard InChI is InChI=1S/C16H18OS/c1-3-18-16-11-13(2)9-10-15(16)17-12-14-7-5-4-6-8-14/h4-11H,3,12H2,1-2H3. The molecule has 2 aromatic carbocycles. The second-order valence-electron chi connectivity index (χ2n) is 4.16. The van der Waals surface area contributed by atoms with Crippen molar-refractivity contribution in [2.75, 3.05) is 5.75 Å². The highest BCUT2D eigenvalue weighted by Crippen LogP contribution is 2.30. The van der Waals surface area contributed by atoms with Gasteiger partial charge in [-0.3, -0.25) is 0 Å². The maximum atomic E-state index is 5.91. The van der Waals surface area contributed by atoms with E-state index in [-0.39, 0.29) is 0 Å². The highest BCUT2D eigenvalue weighted by atomic mass is 32.2. The topological polar surface area (TPSA) is 9.23 Å². The van der Waals surface area contributed by atoms with E-state index in [1.54, 1.807) is 0 Å². The average molecular weight is 258 g/mol. The van der Waals surface area contributed by atoms with Crippen LogP contribution < -0.4 is 4.74 Å². The molecular weight excluding hydrogens is 240 g/mol. The summed E-state index contributed by atoms with van der Waals surface area (Å²) < 4.78 is 5.91. The maximum Gasteiger partial charge on any atom is 0.133 e. The molecule has 0 heterocycles. The Kier molecular flexibility index (Phi) is 4.71. The second-order valence-corrected chi connectivity index (χ2v) is 5.46. The van der Waals surface area contributed by atoms with Crippen molar-refractivity contribution in [2.45, 2.75) is 25.3 Å². The lowest BCUT2D eigenvalue weighted by molar-refractivity contribution is 0.299. The molecule has 1 nitrogen and oxygen atoms in total. The first kappa shape index (κ1) is 13.0. The van der Waals surface area contributed by atoms with Crippen LogP contribution in [0.5, 0.6) is 5.75 Å². The Morgan fingerprint density at radius 2 is 1.83 bits per heavy atom. The minimum atomic E-state index is 0.626. The fourth-order valence-corrected chi connectivity index (χ4v) is 2.59. The van der Waals surface area contributed by atoms with Gasteiger partial charge in [-0.2, -0.15) is 0 Å². The van der Waals surface area contributed by atoms with E-state index in [0.29, 0.717) is 6.61 Å². The number of aryl methyl sites for hydroxylation is 1. The van der Waals surface area contributed by atoms with Crippen molar-refractivity contribution in [1.29, 1.82) is 0 Å². The summed E-state index contributed by atoms with van der Waals surface area (Å²) in [5.41, 5.74) is 2.48. The van der Waals surface area contributed by atoms with E-state index in [0.717, 1.165) is 11.5 Å². The SMILES string of the molecule is CCSc1cc(C)ccc1OCc1ccccc1. The van der Waals surface area contributed by atoms with Gasteiger partial charge in [0, 0.05) is 4.90 Å². The van der Waals surface area contributed by atoms with Gasteiger partial charge >= 0.3 is 0 Å². The molecule has 0 amide bonds. The number of benzene rings is 2. The molecule has 0 saturated carbocycles. The second kappa shape index (κ2) is 6.50. The zero-order chi connectivity index (χ0) is 12.8. The quantitative estimate of drug-likeness (QED) is 0.720. The van der Waals surface area contributed by atoms with Crippen LogP contribution in [-0.2, 0) is 6.61 Å². The van der Waals surface area contributed by atoms with E-state index in [9.17, 15) is 0 Å². The lowest BCUT2D eigenvalue weighted by Gasteiger charge is -2.11. The lowest BCUT2D eigenvalue weighted by atomic mass is 10.2. The summed E-state index contributed by atoms with van der Waals surface area (Å²) >= 11 is 1.83. The predicted octanol–water partition coefficient (Wildman–Crippen LogP) is 4.69. The van der Waals surface area contributed by atoms with E-state index in [2.05, 4.69) is 44.2 Å². The highest BCUT2D eigenvalue weighted by molar-refractivity contribution is 7.99. The lowest BCUT2D eigenvalue weighted by Crippen LogP contribution is -1.96. The molecule has 0 fully saturated rings. The van der Waals surface area contributed by atoms with Crippen molar-refractivity contribution < 1.29 is 4.74 Å². The van der Waals surface area contributed by atoms with Crippen LogP contribution in [0.2, 0.25) is 0 Å². The van der Waals surface area contributed by atoms with Crippen molar-refractivity contribution in [3.8, 4) is 5.75 Å². The predicted molar refractivity (Wildman–Crippen MR) is 78.4 cm³/mol. The molecule has 0 saturated heterocycles. The molecule has 0 aliphatic heterocycles. The fourth-order valence-electron chi connectivity index (χ4n) is 1.74. The zero-order valence-corrected chi connectivity index (χ0v) is 11.7. The molecule has 2 aromatic rings. The Morgan fingerprint density at radius 3 is 2.56 bits per heavy atom. The molecule has 0 spiro atoms. The monoisotopic (exact) mass is 258 g/mol. The van der Waals surface area contributed by atoms with E-state index in [4.69, 9.17) is 4.74 Å². The summed E-state index contributed by atoms with van der Waals surface area (Å²) in [4.78, 5) is 1.23. The van der Waals surface area contributed by atoms with Crippen molar-refractivity contribution in [2.24, 2.45) is 0 Å². The molecule has 94 valence electrons. The molecule has 0 unspecified atom stereocenters. The average Bonchev–Trinajstić information content (AvgIpc) is 2.39. The van der Waals surface area contributed by atoms with Crippen molar-refractivity contribution in [1.82, 2.24) is 0 Å². The first-order valence-electron chi connectivity index (χ1n) is 6.19. The summed E-state index contributed by atoms with van der Waals surface area (Å²) in [5, 5.41) is 0. The van der Waals surface area contributed by atoms with Crippen LogP contribution in [0.15, 0.2) is 53.4 Å². The van der Waals surface area contributed by atoms with Crippen LogP contribution in [0.25, 0.3) is 0 Å². The largest absolute Gasteiger partial charge is 0.488 e. The summed E-state index contributed by atoms with van der Waals surface area (Å²) in [7, 11) is 0. The van der Waals surface area contributed by atoms with Gasteiger partial charge in [0.2, 0.25) is 0 Å². The normalized spacial score (nSPS) is 10.3. The first-order chi connectivity index (χ1) is 8.79. The third-order valence-electron chi connectivity index (χ3n) is 2.64. The molecule has 18 heavy (non-hydrogen) atoms. The molecule has 0 bridgehead atoms. The molecule has 0 aliphatic rings. The summed E-state index contributed by atoms with van der Waals surface area (Å²) in [6.07, 6.45) is 0. The Morgan fingerprint density at radius 1 is 1.06 bits per heavy atom. The summed E-state index contributed by atoms with van der Waals surface area (Å²) in [6, 6.07) is 16.6. The highest BCUT2D eigenvalue weighted by Gasteiger charge is 2.04. The van der Waals surface area contributed by atoms with Gasteiger partial charge in [-0.1, -0.05) is 43.3 Å². The molecule has 2 heteroatoms. The number of hydrogen-bond acceptors (Lipinski definition) is 2. The fraction of sp³-hybridized carbons (Fsp3) is 0.250. The molecule has 0 radical (unpaired) electrons. The van der Waals surface area contributed by atoms with Gasteiger partial charge in [0.05, 0.1) is 0 Å². The Labute approximate surface area is 113 Å². The zero-order valence-electron chi connectivity index (χ0n) is 10.8. The Hall–Kier alpha value is -1.41. The first-order valence-corrected chi connectivity index (χ1v) is 7.18. The van der Waals surface area contributed by atoms with Gasteiger partial charge in [-0.15, -0.1) is 11.8 Å². The van der Waals surface area contributed by atoms with Crippen molar-refractivity contribution in [3.63, 3.8) is 0 Å². The molecule has 0 atom stereocenters. The van der Waals surface area contributed by atoms with Crippen molar-refractivity contribution in [3.05, 3.63) is 59.7 Å². The van der Waals surface area contributed by atoms with Crippen molar-refractivity contribution >= 4 is 11.8 Å². The number of ether oxygens (including phenoxy) is 1. The number of thioether (sulfide) groups is 1. The van der Waals surface area contributed by atoms with Crippen LogP contribution in [0.3, 0.4) is 0 Å². The van der Waals surface area contributed by atoms with Gasteiger partial charge in [-0.25, -0.2) is 0 Å². The van der Waals surface area contributed by atoms with Crippen LogP contribution in [0, 0.1) is 6.92 Å². The van der Waals surface area contributed by atoms with Crippen LogP contribution >= 0.6 is 11.8 Å². The number of rotatable bonds is 5. The molecule has 0 aliphatic carbocycles. The summed E-state index contributed by atoms with van der Waals surface area (Å²) in [6.45, 7) is 4.90. The van der Waals surface area contributed by atoms with Gasteiger partial charge in [0.1, 0.15) is 12.4 Å². The Balaban J connectivity index is 2.09. The molecule has 2 rings (SSSR count). The minimum Gasteiger partial charge on any atom is -0.488 e. The van der Waals surface area contributed by atoms with E-state index in [1.165, 1.54) is 16.0 Å². The third-order valence-corrected chi connectivity index (χ3v) is 3.55. The molecular formula is C16H18OS. The van der Waals surface area contributed by atoms with Gasteiger partial charge in [0.15, 0.2) is 0 Å². The Bertz CT molecular complexity index is 494. The van der Waals surface area contributed by atoms with E-state index in [1.807, 2.05) is 30.0 Å². The van der Waals surface area contributed by atoms with Crippen LogP contribution in [0.4, 0.5) is 0 Å². The van der Waals surface area contributed by atoms with Gasteiger partial charge < -0.3 is 4.74 Å². The molecule has 0 aromatic heterocycles. The maximum absolute atomic E-state index is 5.91. The van der Waals surface area contributed by atoms with Gasteiger partial charge in [-0.05, 0) is 35.9 Å². The van der Waals surface area contributed by atoms with E-state index >= 15 is 0 Å². The minimum absolute atomic E-state index is 0.626. The van der Waals surface area contributed by atoms with Crippen LogP contribution in [-0.4, -0.2) is 5.75 Å². The smallest absolute Gasteiger partial charge is 0.133 e. The summed E-state index contributed by atoms with van der Waals surface area (Å²) in [5.74, 6) is 2.04. The number of hydrogen-bond donors (Lipinski definition) is 0. The van der Waals surface area contributed by atoms with E-state index < -0.39 is 0 Å². The third kappa shape index (κ3) is 3.54. The van der Waals surface area contributed by atoms with Gasteiger partial charge in [0.25, 0.3) is 0 Å². The molecule has 0 N–H and O–H groups in total.